The van der Waals surface area contributed by atoms with Crippen molar-refractivity contribution in [2.45, 2.75) is 27.2 Å². The summed E-state index contributed by atoms with van der Waals surface area (Å²) in [5, 5.41) is 2.89. The lowest BCUT2D eigenvalue weighted by molar-refractivity contribution is -0.124. The number of aryl methyl sites for hydroxylation is 1. The Labute approximate surface area is 109 Å². The summed E-state index contributed by atoms with van der Waals surface area (Å²) in [6.45, 7) is 6.24. The molecule has 0 aliphatic carbocycles. The highest BCUT2D eigenvalue weighted by atomic mass is 16.5. The molecular formula is C14H22N2O2. The molecule has 1 aromatic carbocycles. The van der Waals surface area contributed by atoms with Gasteiger partial charge in [-0.25, -0.2) is 0 Å². The van der Waals surface area contributed by atoms with E-state index in [1.54, 1.807) is 7.11 Å². The molecule has 0 aliphatic rings. The quantitative estimate of drug-likeness (QED) is 0.843. The summed E-state index contributed by atoms with van der Waals surface area (Å²) in [5.74, 6) is 0.627. The highest BCUT2D eigenvalue weighted by Crippen LogP contribution is 2.28. The predicted octanol–water partition coefficient (Wildman–Crippen LogP) is 2.32. The van der Waals surface area contributed by atoms with Gasteiger partial charge in [0.1, 0.15) is 5.75 Å². The Balaban J connectivity index is 2.88. The molecule has 0 radical (unpaired) electrons. The first-order chi connectivity index (χ1) is 8.40. The topological polar surface area (TPSA) is 64.3 Å². The van der Waals surface area contributed by atoms with Crippen molar-refractivity contribution in [1.29, 1.82) is 0 Å². The third-order valence-electron chi connectivity index (χ3n) is 2.99. The Bertz CT molecular complexity index is 428. The van der Waals surface area contributed by atoms with E-state index in [4.69, 9.17) is 10.5 Å². The molecule has 1 aromatic rings. The number of carbonyl (C=O) groups is 1. The molecule has 0 spiro atoms. The van der Waals surface area contributed by atoms with Gasteiger partial charge in [0.25, 0.3) is 0 Å². The molecule has 0 unspecified atom stereocenters. The molecule has 0 bridgehead atoms. The second-order valence-corrected chi connectivity index (χ2v) is 5.08. The van der Waals surface area contributed by atoms with Gasteiger partial charge in [0.15, 0.2) is 0 Å². The van der Waals surface area contributed by atoms with Crippen molar-refractivity contribution in [1.82, 2.24) is 0 Å². The van der Waals surface area contributed by atoms with E-state index in [-0.39, 0.29) is 5.91 Å². The number of ether oxygens (including phenoxy) is 1. The Morgan fingerprint density at radius 2 is 2.11 bits per heavy atom. The maximum atomic E-state index is 12.2. The molecule has 1 amide bonds. The third-order valence-corrected chi connectivity index (χ3v) is 2.99. The Kier molecular flexibility index (Phi) is 4.73. The zero-order valence-corrected chi connectivity index (χ0v) is 11.5. The van der Waals surface area contributed by atoms with Crippen molar-refractivity contribution in [3.05, 3.63) is 23.8 Å². The summed E-state index contributed by atoms with van der Waals surface area (Å²) in [5.41, 5.74) is 6.82. The number of rotatable bonds is 5. The van der Waals surface area contributed by atoms with Crippen LogP contribution in [0.2, 0.25) is 0 Å². The fourth-order valence-corrected chi connectivity index (χ4v) is 1.67. The van der Waals surface area contributed by atoms with Crippen LogP contribution < -0.4 is 15.8 Å². The number of benzene rings is 1. The minimum atomic E-state index is -0.482. The average Bonchev–Trinajstić information content (AvgIpc) is 2.31. The fourth-order valence-electron chi connectivity index (χ4n) is 1.67. The van der Waals surface area contributed by atoms with Crippen LogP contribution >= 0.6 is 0 Å². The van der Waals surface area contributed by atoms with Crippen molar-refractivity contribution < 1.29 is 9.53 Å². The summed E-state index contributed by atoms with van der Waals surface area (Å²) in [6.07, 6.45) is 0.646. The molecule has 100 valence electrons. The molecule has 0 heterocycles. The normalized spacial score (nSPS) is 11.2. The van der Waals surface area contributed by atoms with E-state index in [1.165, 1.54) is 0 Å². The summed E-state index contributed by atoms with van der Waals surface area (Å²) >= 11 is 0. The van der Waals surface area contributed by atoms with Gasteiger partial charge in [0.2, 0.25) is 5.91 Å². The van der Waals surface area contributed by atoms with Crippen molar-refractivity contribution >= 4 is 11.6 Å². The summed E-state index contributed by atoms with van der Waals surface area (Å²) in [7, 11) is 1.59. The van der Waals surface area contributed by atoms with Crippen LogP contribution in [-0.2, 0) is 4.79 Å². The number of carbonyl (C=O) groups excluding carboxylic acids is 1. The van der Waals surface area contributed by atoms with E-state index in [9.17, 15) is 4.79 Å². The lowest BCUT2D eigenvalue weighted by Gasteiger charge is -2.23. The van der Waals surface area contributed by atoms with E-state index < -0.39 is 5.41 Å². The van der Waals surface area contributed by atoms with Crippen molar-refractivity contribution in [3.8, 4) is 5.75 Å². The number of anilines is 1. The van der Waals surface area contributed by atoms with Gasteiger partial charge in [0, 0.05) is 5.41 Å². The molecular weight excluding hydrogens is 228 g/mol. The predicted molar refractivity (Wildman–Crippen MR) is 73.8 cm³/mol. The molecule has 4 nitrogen and oxygen atoms in total. The van der Waals surface area contributed by atoms with Gasteiger partial charge in [-0.3, -0.25) is 4.79 Å². The first-order valence-electron chi connectivity index (χ1n) is 6.07. The SMILES string of the molecule is COc1cc(C)ccc1NC(=O)C(C)(C)CCN. The molecule has 1 rings (SSSR count). The van der Waals surface area contributed by atoms with Crippen molar-refractivity contribution in [2.24, 2.45) is 11.1 Å². The molecule has 4 heteroatoms. The number of hydrogen-bond acceptors (Lipinski definition) is 3. The Morgan fingerprint density at radius 3 is 2.67 bits per heavy atom. The molecule has 0 fully saturated rings. The number of nitrogens with one attached hydrogen (secondary N) is 1. The van der Waals surface area contributed by atoms with Crippen molar-refractivity contribution in [2.75, 3.05) is 19.0 Å². The standard InChI is InChI=1S/C14H22N2O2/c1-10-5-6-11(12(9-10)18-4)16-13(17)14(2,3)7-8-15/h5-6,9H,7-8,15H2,1-4H3,(H,16,17). The van der Waals surface area contributed by atoms with Crippen LogP contribution in [0.4, 0.5) is 5.69 Å². The lowest BCUT2D eigenvalue weighted by atomic mass is 9.88. The Morgan fingerprint density at radius 1 is 1.44 bits per heavy atom. The molecule has 0 saturated heterocycles. The van der Waals surface area contributed by atoms with Crippen molar-refractivity contribution in [3.63, 3.8) is 0 Å². The summed E-state index contributed by atoms with van der Waals surface area (Å²) in [6, 6.07) is 5.68. The van der Waals surface area contributed by atoms with E-state index in [1.807, 2.05) is 39.0 Å². The molecule has 0 aromatic heterocycles. The number of hydrogen-bond donors (Lipinski definition) is 2. The highest BCUT2D eigenvalue weighted by molar-refractivity contribution is 5.96. The largest absolute Gasteiger partial charge is 0.495 e. The van der Waals surface area contributed by atoms with Crippen LogP contribution in [-0.4, -0.2) is 19.6 Å². The maximum absolute atomic E-state index is 12.2. The van der Waals surface area contributed by atoms with Crippen LogP contribution in [0, 0.1) is 12.3 Å². The smallest absolute Gasteiger partial charge is 0.230 e. The second kappa shape index (κ2) is 5.87. The summed E-state index contributed by atoms with van der Waals surface area (Å²) < 4.78 is 5.26. The maximum Gasteiger partial charge on any atom is 0.230 e. The van der Waals surface area contributed by atoms with E-state index in [0.717, 1.165) is 5.56 Å². The van der Waals surface area contributed by atoms with Gasteiger partial charge in [-0.1, -0.05) is 19.9 Å². The molecule has 0 saturated carbocycles. The minimum absolute atomic E-state index is 0.0462. The monoisotopic (exact) mass is 250 g/mol. The van der Waals surface area contributed by atoms with Gasteiger partial charge >= 0.3 is 0 Å². The van der Waals surface area contributed by atoms with Crippen LogP contribution in [0.25, 0.3) is 0 Å². The van der Waals surface area contributed by atoms with Crippen LogP contribution in [0.1, 0.15) is 25.8 Å². The van der Waals surface area contributed by atoms with Gasteiger partial charge in [0.05, 0.1) is 12.8 Å². The molecule has 0 atom stereocenters. The summed E-state index contributed by atoms with van der Waals surface area (Å²) in [4.78, 5) is 12.2. The van der Waals surface area contributed by atoms with E-state index in [2.05, 4.69) is 5.32 Å². The third kappa shape index (κ3) is 3.47. The zero-order chi connectivity index (χ0) is 13.8. The minimum Gasteiger partial charge on any atom is -0.495 e. The first-order valence-corrected chi connectivity index (χ1v) is 6.07. The van der Waals surface area contributed by atoms with Crippen LogP contribution in [0.5, 0.6) is 5.75 Å². The zero-order valence-electron chi connectivity index (χ0n) is 11.5. The van der Waals surface area contributed by atoms with Crippen LogP contribution in [0.15, 0.2) is 18.2 Å². The van der Waals surface area contributed by atoms with Gasteiger partial charge in [-0.2, -0.15) is 0 Å². The van der Waals surface area contributed by atoms with E-state index >= 15 is 0 Å². The van der Waals surface area contributed by atoms with Gasteiger partial charge in [-0.05, 0) is 37.6 Å². The van der Waals surface area contributed by atoms with Gasteiger partial charge < -0.3 is 15.8 Å². The van der Waals surface area contributed by atoms with Crippen LogP contribution in [0.3, 0.4) is 0 Å². The molecule has 18 heavy (non-hydrogen) atoms. The molecule has 3 N–H and O–H groups in total. The average molecular weight is 250 g/mol. The first kappa shape index (κ1) is 14.5. The highest BCUT2D eigenvalue weighted by Gasteiger charge is 2.27. The number of methoxy groups -OCH3 is 1. The van der Waals surface area contributed by atoms with Gasteiger partial charge in [-0.15, -0.1) is 0 Å². The lowest BCUT2D eigenvalue weighted by Crippen LogP contribution is -2.32. The Hall–Kier alpha value is -1.55. The fraction of sp³-hybridized carbons (Fsp3) is 0.500. The second-order valence-electron chi connectivity index (χ2n) is 5.08. The van der Waals surface area contributed by atoms with E-state index in [0.29, 0.717) is 24.4 Å². The number of nitrogens with two attached hydrogens (primary N) is 1. The number of amides is 1. The molecule has 0 aliphatic heterocycles.